The number of benzene rings is 1. The van der Waals surface area contributed by atoms with E-state index in [1.54, 1.807) is 37.3 Å². The lowest BCUT2D eigenvalue weighted by Crippen LogP contribution is -2.47. The summed E-state index contributed by atoms with van der Waals surface area (Å²) in [6.07, 6.45) is 0.514. The number of nitrogens with zero attached hydrogens (tertiary/aromatic N) is 3. The van der Waals surface area contributed by atoms with E-state index < -0.39 is 21.8 Å². The molecule has 2 aliphatic rings. The van der Waals surface area contributed by atoms with E-state index in [0.29, 0.717) is 11.4 Å². The number of aryl methyl sites for hydroxylation is 1. The average Bonchev–Trinajstić information content (AvgIpc) is 3.23. The number of rotatable bonds is 5. The van der Waals surface area contributed by atoms with Crippen LogP contribution in [-0.2, 0) is 16.2 Å². The van der Waals surface area contributed by atoms with Crippen molar-refractivity contribution in [2.45, 2.75) is 56.3 Å². The van der Waals surface area contributed by atoms with Crippen molar-refractivity contribution in [3.8, 4) is 11.3 Å². The highest BCUT2D eigenvalue weighted by Gasteiger charge is 2.43. The molecule has 3 aromatic rings. The maximum atomic E-state index is 13.7. The molecule has 11 heteroatoms. The molecule has 202 valence electrons. The summed E-state index contributed by atoms with van der Waals surface area (Å²) in [7, 11) is -4.21. The lowest BCUT2D eigenvalue weighted by atomic mass is 9.74. The Hall–Kier alpha value is -3.18. The zero-order valence-corrected chi connectivity index (χ0v) is 21.8. The number of sulfonamides is 1. The van der Waals surface area contributed by atoms with Crippen LogP contribution in [0.5, 0.6) is 0 Å². The van der Waals surface area contributed by atoms with Crippen molar-refractivity contribution in [2.24, 2.45) is 11.1 Å². The van der Waals surface area contributed by atoms with Crippen LogP contribution in [0.15, 0.2) is 59.6 Å². The molecule has 38 heavy (non-hydrogen) atoms. The highest BCUT2D eigenvalue weighted by molar-refractivity contribution is 7.92. The normalized spacial score (nSPS) is 19.6. The quantitative estimate of drug-likeness (QED) is 0.447. The summed E-state index contributed by atoms with van der Waals surface area (Å²) in [5, 5.41) is -0.230. The molecule has 7 nitrogen and oxygen atoms in total. The zero-order chi connectivity index (χ0) is 27.1. The van der Waals surface area contributed by atoms with Crippen LogP contribution in [0.1, 0.15) is 43.2 Å². The summed E-state index contributed by atoms with van der Waals surface area (Å²) >= 11 is 0. The summed E-state index contributed by atoms with van der Waals surface area (Å²) in [5.74, 6) is 0.314. The number of nitrogens with two attached hydrogens (primary N) is 1. The minimum atomic E-state index is -4.66. The largest absolute Gasteiger partial charge is 0.418 e. The van der Waals surface area contributed by atoms with Crippen LogP contribution < -0.4 is 15.4 Å². The topological polar surface area (TPSA) is 101 Å². The van der Waals surface area contributed by atoms with Gasteiger partial charge in [0.15, 0.2) is 5.03 Å². The number of alkyl halides is 3. The first-order chi connectivity index (χ1) is 18.0. The molecule has 0 amide bonds. The van der Waals surface area contributed by atoms with Crippen molar-refractivity contribution in [3.63, 3.8) is 0 Å². The second kappa shape index (κ2) is 9.85. The number of halogens is 3. The highest BCUT2D eigenvalue weighted by atomic mass is 32.2. The highest BCUT2D eigenvalue weighted by Crippen LogP contribution is 2.46. The van der Waals surface area contributed by atoms with Gasteiger partial charge in [-0.1, -0.05) is 36.8 Å². The Kier molecular flexibility index (Phi) is 6.85. The first-order valence-electron chi connectivity index (χ1n) is 12.6. The number of pyridine rings is 2. The van der Waals surface area contributed by atoms with Crippen LogP contribution >= 0.6 is 0 Å². The van der Waals surface area contributed by atoms with Crippen molar-refractivity contribution in [3.05, 3.63) is 65.7 Å². The third-order valence-corrected chi connectivity index (χ3v) is 9.14. The summed E-state index contributed by atoms with van der Waals surface area (Å²) in [6.45, 7) is 3.14. The van der Waals surface area contributed by atoms with Gasteiger partial charge in [0.2, 0.25) is 0 Å². The van der Waals surface area contributed by atoms with E-state index in [2.05, 4.69) is 19.6 Å². The van der Waals surface area contributed by atoms with Crippen molar-refractivity contribution in [2.75, 3.05) is 22.7 Å². The molecule has 5 rings (SSSR count). The Bertz CT molecular complexity index is 1440. The van der Waals surface area contributed by atoms with E-state index in [-0.39, 0.29) is 33.6 Å². The van der Waals surface area contributed by atoms with Crippen molar-refractivity contribution in [1.29, 1.82) is 0 Å². The van der Waals surface area contributed by atoms with Crippen LogP contribution in [0.2, 0.25) is 0 Å². The maximum absolute atomic E-state index is 13.7. The van der Waals surface area contributed by atoms with Gasteiger partial charge in [0.25, 0.3) is 10.0 Å². The molecule has 1 aliphatic carbocycles. The Labute approximate surface area is 220 Å². The van der Waals surface area contributed by atoms with Gasteiger partial charge >= 0.3 is 6.18 Å². The van der Waals surface area contributed by atoms with E-state index in [1.807, 2.05) is 0 Å². The molecular formula is C27H30F3N5O2S. The number of hydrogen-bond donors (Lipinski definition) is 2. The Morgan fingerprint density at radius 2 is 1.74 bits per heavy atom. The van der Waals surface area contributed by atoms with E-state index >= 15 is 0 Å². The predicted molar refractivity (Wildman–Crippen MR) is 140 cm³/mol. The minimum absolute atomic E-state index is 0.158. The van der Waals surface area contributed by atoms with Gasteiger partial charge in [-0.15, -0.1) is 0 Å². The van der Waals surface area contributed by atoms with Crippen LogP contribution in [0, 0.1) is 12.3 Å². The third kappa shape index (κ3) is 5.09. The fourth-order valence-electron chi connectivity index (χ4n) is 5.68. The van der Waals surface area contributed by atoms with Gasteiger partial charge < -0.3 is 10.6 Å². The number of anilines is 2. The lowest BCUT2D eigenvalue weighted by Gasteiger charge is -2.42. The van der Waals surface area contributed by atoms with Gasteiger partial charge in [-0.05, 0) is 67.9 Å². The second-order valence-electron chi connectivity index (χ2n) is 10.2. The fraction of sp³-hybridized carbons (Fsp3) is 0.407. The molecule has 1 saturated heterocycles. The summed E-state index contributed by atoms with van der Waals surface area (Å²) < 4.78 is 70.0. The molecule has 0 radical (unpaired) electrons. The summed E-state index contributed by atoms with van der Waals surface area (Å²) in [5.41, 5.74) is 6.11. The molecule has 2 aromatic heterocycles. The number of hydrogen-bond acceptors (Lipinski definition) is 6. The third-order valence-electron chi connectivity index (χ3n) is 7.88. The van der Waals surface area contributed by atoms with Gasteiger partial charge in [0.1, 0.15) is 11.6 Å². The van der Waals surface area contributed by atoms with E-state index in [4.69, 9.17) is 5.73 Å². The van der Waals surface area contributed by atoms with Crippen molar-refractivity contribution >= 4 is 21.7 Å². The molecule has 1 saturated carbocycles. The van der Waals surface area contributed by atoms with Crippen molar-refractivity contribution < 1.29 is 21.6 Å². The molecule has 3 N–H and O–H groups in total. The Balaban J connectivity index is 1.40. The van der Waals surface area contributed by atoms with Crippen molar-refractivity contribution in [1.82, 2.24) is 9.97 Å². The molecule has 2 fully saturated rings. The maximum Gasteiger partial charge on any atom is 0.418 e. The SMILES string of the molecule is Cc1ccccc1-c1nc(NS(=O)(=O)c2cccc(N3CCC4(CCCC4N)CC3)n2)ccc1C(F)(F)F. The molecule has 1 atom stereocenters. The minimum Gasteiger partial charge on any atom is -0.357 e. The standard InChI is InChI=1S/C27H30F3N5O2S/c1-18-6-2-3-7-19(18)25-20(27(28,29)30)11-12-22(32-25)34-38(36,37)24-10-4-9-23(33-24)35-16-14-26(15-17-35)13-5-8-21(26)31/h2-4,6-7,9-12,21H,5,8,13-17,31H2,1H3,(H,32,34). The average molecular weight is 546 g/mol. The van der Waals surface area contributed by atoms with Gasteiger partial charge in [0, 0.05) is 24.7 Å². The molecule has 1 aliphatic heterocycles. The Morgan fingerprint density at radius 1 is 1.00 bits per heavy atom. The Morgan fingerprint density at radius 3 is 2.39 bits per heavy atom. The smallest absolute Gasteiger partial charge is 0.357 e. The van der Waals surface area contributed by atoms with Gasteiger partial charge in [-0.2, -0.15) is 21.6 Å². The molecular weight excluding hydrogens is 515 g/mol. The first-order valence-corrected chi connectivity index (χ1v) is 14.1. The van der Waals surface area contributed by atoms with Crippen LogP contribution in [0.3, 0.4) is 0 Å². The monoisotopic (exact) mass is 545 g/mol. The van der Waals surface area contributed by atoms with Crippen LogP contribution in [0.25, 0.3) is 11.3 Å². The van der Waals surface area contributed by atoms with Gasteiger partial charge in [0.05, 0.1) is 11.3 Å². The number of aromatic nitrogens is 2. The second-order valence-corrected chi connectivity index (χ2v) is 11.8. The zero-order valence-electron chi connectivity index (χ0n) is 21.0. The summed E-state index contributed by atoms with van der Waals surface area (Å²) in [6, 6.07) is 13.3. The van der Waals surface area contributed by atoms with E-state index in [0.717, 1.165) is 57.3 Å². The molecule has 1 unspecified atom stereocenters. The van der Waals surface area contributed by atoms with E-state index in [9.17, 15) is 21.6 Å². The van der Waals surface area contributed by atoms with Crippen LogP contribution in [-0.4, -0.2) is 37.5 Å². The fourth-order valence-corrected chi connectivity index (χ4v) is 6.64. The number of nitrogens with one attached hydrogen (secondary N) is 1. The van der Waals surface area contributed by atoms with Gasteiger partial charge in [-0.3, -0.25) is 4.72 Å². The lowest BCUT2D eigenvalue weighted by molar-refractivity contribution is -0.137. The molecule has 0 bridgehead atoms. The van der Waals surface area contributed by atoms with E-state index in [1.165, 1.54) is 12.1 Å². The summed E-state index contributed by atoms with van der Waals surface area (Å²) in [4.78, 5) is 10.5. The molecule has 1 spiro atoms. The predicted octanol–water partition coefficient (Wildman–Crippen LogP) is 5.37. The molecule has 3 heterocycles. The first kappa shape index (κ1) is 26.4. The number of piperidine rings is 1. The molecule has 1 aromatic carbocycles. The van der Waals surface area contributed by atoms with Gasteiger partial charge in [-0.25, -0.2) is 9.97 Å². The van der Waals surface area contributed by atoms with Crippen LogP contribution in [0.4, 0.5) is 24.8 Å².